The fourth-order valence-electron chi connectivity index (χ4n) is 3.41. The number of rotatable bonds is 12. The molecule has 9 nitrogen and oxygen atoms in total. The van der Waals surface area contributed by atoms with Crippen LogP contribution in [0.2, 0.25) is 0 Å². The van der Waals surface area contributed by atoms with Crippen molar-refractivity contribution in [1.82, 2.24) is 10.6 Å². The number of esters is 1. The second-order valence-electron chi connectivity index (χ2n) is 7.86. The van der Waals surface area contributed by atoms with Gasteiger partial charge in [0.05, 0.1) is 18.5 Å². The van der Waals surface area contributed by atoms with E-state index in [4.69, 9.17) is 15.6 Å². The Hall–Kier alpha value is -3.72. The lowest BCUT2D eigenvalue weighted by Crippen LogP contribution is -2.66. The molecule has 5 N–H and O–H groups in total. The average Bonchev–Trinajstić information content (AvgIpc) is 2.84. The van der Waals surface area contributed by atoms with Crippen molar-refractivity contribution in [3.8, 4) is 0 Å². The van der Waals surface area contributed by atoms with Crippen LogP contribution in [0, 0.1) is 0 Å². The number of carboxylic acid groups (broad SMARTS) is 1. The van der Waals surface area contributed by atoms with Crippen LogP contribution in [0.25, 0.3) is 0 Å². The molecule has 34 heavy (non-hydrogen) atoms. The van der Waals surface area contributed by atoms with Gasteiger partial charge in [0.15, 0.2) is 0 Å². The minimum atomic E-state index is -2.09. The molecule has 0 fully saturated rings. The highest BCUT2D eigenvalue weighted by Gasteiger charge is 2.48. The molecule has 2 aromatic carbocycles. The van der Waals surface area contributed by atoms with Crippen LogP contribution in [0.1, 0.15) is 50.3 Å². The Morgan fingerprint density at radius 3 is 2.12 bits per heavy atom. The highest BCUT2D eigenvalue weighted by molar-refractivity contribution is 6.10. The van der Waals surface area contributed by atoms with Crippen molar-refractivity contribution in [1.29, 1.82) is 0 Å². The summed E-state index contributed by atoms with van der Waals surface area (Å²) in [6, 6.07) is 16.2. The molecule has 2 rings (SSSR count). The highest BCUT2D eigenvalue weighted by atomic mass is 16.5. The van der Waals surface area contributed by atoms with Gasteiger partial charge in [0, 0.05) is 0 Å². The molecular weight excluding hydrogens is 438 g/mol. The second kappa shape index (κ2) is 12.5. The van der Waals surface area contributed by atoms with Crippen molar-refractivity contribution < 1.29 is 29.0 Å². The number of hydrogen-bond acceptors (Lipinski definition) is 6. The number of nitrogens with one attached hydrogen (secondary N) is 2. The smallest absolute Gasteiger partial charge is 0.342 e. The molecular formula is C25H31N3O6. The molecule has 0 bridgehead atoms. The van der Waals surface area contributed by atoms with Crippen LogP contribution < -0.4 is 16.4 Å². The van der Waals surface area contributed by atoms with Gasteiger partial charge in [-0.3, -0.25) is 14.4 Å². The van der Waals surface area contributed by atoms with Crippen molar-refractivity contribution in [3.05, 3.63) is 71.8 Å². The van der Waals surface area contributed by atoms with Crippen molar-refractivity contribution in [2.24, 2.45) is 5.73 Å². The third-order valence-corrected chi connectivity index (χ3v) is 5.46. The molecule has 0 saturated carbocycles. The predicted octanol–water partition coefficient (Wildman–Crippen LogP) is 2.06. The molecule has 0 aliphatic carbocycles. The molecule has 0 aliphatic heterocycles. The Labute approximate surface area is 198 Å². The van der Waals surface area contributed by atoms with E-state index in [9.17, 15) is 19.2 Å². The first-order valence-electron chi connectivity index (χ1n) is 11.1. The van der Waals surface area contributed by atoms with E-state index in [0.29, 0.717) is 12.0 Å². The molecule has 9 heteroatoms. The summed E-state index contributed by atoms with van der Waals surface area (Å²) in [5.74, 6) is -3.95. The van der Waals surface area contributed by atoms with E-state index in [1.165, 1.54) is 0 Å². The summed E-state index contributed by atoms with van der Waals surface area (Å²) in [4.78, 5) is 50.4. The predicted molar refractivity (Wildman–Crippen MR) is 125 cm³/mol. The number of hydrogen-bond donors (Lipinski definition) is 4. The zero-order valence-electron chi connectivity index (χ0n) is 19.3. The quantitative estimate of drug-likeness (QED) is 0.275. The van der Waals surface area contributed by atoms with E-state index in [1.54, 1.807) is 31.2 Å². The van der Waals surface area contributed by atoms with Gasteiger partial charge in [-0.2, -0.15) is 0 Å². The maximum absolute atomic E-state index is 13.5. The lowest BCUT2D eigenvalue weighted by molar-refractivity contribution is -0.160. The van der Waals surface area contributed by atoms with Crippen LogP contribution in [0.3, 0.4) is 0 Å². The molecule has 2 aromatic rings. The number of aliphatic carboxylic acids is 1. The summed E-state index contributed by atoms with van der Waals surface area (Å²) in [6.07, 6.45) is -0.266. The van der Waals surface area contributed by atoms with Gasteiger partial charge in [-0.15, -0.1) is 0 Å². The summed E-state index contributed by atoms with van der Waals surface area (Å²) in [5.41, 5.74) is 5.12. The summed E-state index contributed by atoms with van der Waals surface area (Å²) in [6.45, 7) is 3.32. The van der Waals surface area contributed by atoms with E-state index in [-0.39, 0.29) is 13.0 Å². The van der Waals surface area contributed by atoms with Crippen molar-refractivity contribution in [2.45, 2.75) is 57.3 Å². The molecule has 0 aliphatic rings. The Kier molecular flexibility index (Phi) is 9.76. The number of nitrogens with two attached hydrogens (primary N) is 1. The average molecular weight is 470 g/mol. The minimum absolute atomic E-state index is 0.109. The first-order valence-corrected chi connectivity index (χ1v) is 11.1. The normalized spacial score (nSPS) is 14.2. The Morgan fingerprint density at radius 2 is 1.59 bits per heavy atom. The van der Waals surface area contributed by atoms with Gasteiger partial charge >= 0.3 is 11.9 Å². The largest absolute Gasteiger partial charge is 0.481 e. The van der Waals surface area contributed by atoms with Crippen LogP contribution in [0.4, 0.5) is 0 Å². The SMILES string of the molecule is CCC(NC(=O)[C@](CC)(NC(=O)[C@@H](N)CC(=O)O)C(=O)OCc1ccccc1)c1ccccc1. The number of carbonyl (C=O) groups excluding carboxylic acids is 3. The number of amides is 2. The van der Waals surface area contributed by atoms with Crippen molar-refractivity contribution in [3.63, 3.8) is 0 Å². The number of ether oxygens (including phenoxy) is 1. The molecule has 3 atom stereocenters. The molecule has 0 saturated heterocycles. The first kappa shape index (κ1) is 26.5. The van der Waals surface area contributed by atoms with Crippen molar-refractivity contribution in [2.75, 3.05) is 0 Å². The maximum Gasteiger partial charge on any atom is 0.342 e. The zero-order chi connectivity index (χ0) is 25.1. The fourth-order valence-corrected chi connectivity index (χ4v) is 3.41. The van der Waals surface area contributed by atoms with E-state index >= 15 is 0 Å². The Balaban J connectivity index is 2.32. The third kappa shape index (κ3) is 6.89. The number of carboxylic acids is 1. The standard InChI is InChI=1S/C25H31N3O6/c1-3-20(18-13-9-6-10-14-18)27-23(32)25(4-2,28-22(31)19(26)15-21(29)30)24(33)34-16-17-11-7-5-8-12-17/h5-14,19-20H,3-4,15-16,26H2,1-2H3,(H,27,32)(H,28,31)(H,29,30)/t19-,20?,25-/m0/s1. The summed E-state index contributed by atoms with van der Waals surface area (Å²) < 4.78 is 5.42. The van der Waals surface area contributed by atoms with Gasteiger partial charge in [0.2, 0.25) is 11.4 Å². The highest BCUT2D eigenvalue weighted by Crippen LogP contribution is 2.21. The zero-order valence-corrected chi connectivity index (χ0v) is 19.3. The van der Waals surface area contributed by atoms with Gasteiger partial charge in [-0.1, -0.05) is 74.5 Å². The van der Waals surface area contributed by atoms with E-state index in [1.807, 2.05) is 43.3 Å². The lowest BCUT2D eigenvalue weighted by Gasteiger charge is -2.32. The Bertz CT molecular complexity index is 983. The fraction of sp³-hybridized carbons (Fsp3) is 0.360. The molecule has 182 valence electrons. The van der Waals surface area contributed by atoms with E-state index in [2.05, 4.69) is 10.6 Å². The van der Waals surface area contributed by atoms with E-state index < -0.39 is 47.8 Å². The van der Waals surface area contributed by atoms with Crippen LogP contribution in [0.5, 0.6) is 0 Å². The molecule has 0 aromatic heterocycles. The van der Waals surface area contributed by atoms with Crippen LogP contribution in [-0.2, 0) is 30.5 Å². The molecule has 0 radical (unpaired) electrons. The number of carbonyl (C=O) groups is 4. The monoisotopic (exact) mass is 469 g/mol. The van der Waals surface area contributed by atoms with Gasteiger partial charge in [-0.05, 0) is 24.0 Å². The molecule has 1 unspecified atom stereocenters. The Morgan fingerprint density at radius 1 is 1.00 bits per heavy atom. The van der Waals surface area contributed by atoms with Crippen LogP contribution in [0.15, 0.2) is 60.7 Å². The van der Waals surface area contributed by atoms with Gasteiger partial charge in [0.25, 0.3) is 5.91 Å². The lowest BCUT2D eigenvalue weighted by atomic mass is 9.92. The summed E-state index contributed by atoms with van der Waals surface area (Å²) in [7, 11) is 0. The molecule has 0 heterocycles. The van der Waals surface area contributed by atoms with Crippen molar-refractivity contribution >= 4 is 23.8 Å². The van der Waals surface area contributed by atoms with Gasteiger partial charge in [0.1, 0.15) is 6.61 Å². The van der Waals surface area contributed by atoms with Crippen LogP contribution >= 0.6 is 0 Å². The molecule has 0 spiro atoms. The van der Waals surface area contributed by atoms with Crippen LogP contribution in [-0.4, -0.2) is 40.4 Å². The third-order valence-electron chi connectivity index (χ3n) is 5.46. The number of benzene rings is 2. The minimum Gasteiger partial charge on any atom is -0.481 e. The van der Waals surface area contributed by atoms with Gasteiger partial charge in [-0.25, -0.2) is 4.79 Å². The van der Waals surface area contributed by atoms with Gasteiger partial charge < -0.3 is 26.2 Å². The summed E-state index contributed by atoms with van der Waals surface area (Å²) in [5, 5.41) is 14.2. The first-order chi connectivity index (χ1) is 16.2. The molecule has 2 amide bonds. The van der Waals surface area contributed by atoms with E-state index in [0.717, 1.165) is 5.56 Å². The maximum atomic E-state index is 13.5. The summed E-state index contributed by atoms with van der Waals surface area (Å²) >= 11 is 0. The second-order valence-corrected chi connectivity index (χ2v) is 7.86. The topological polar surface area (TPSA) is 148 Å².